The highest BCUT2D eigenvalue weighted by molar-refractivity contribution is 5.88. The van der Waals surface area contributed by atoms with Crippen LogP contribution in [0.1, 0.15) is 11.1 Å². The fourth-order valence-corrected chi connectivity index (χ4v) is 1.76. The molecule has 0 aliphatic rings. The van der Waals surface area contributed by atoms with Crippen molar-refractivity contribution in [1.82, 2.24) is 4.98 Å². The number of hydrogen-bond donors (Lipinski definition) is 1. The molecule has 2 aromatic rings. The lowest BCUT2D eigenvalue weighted by atomic mass is 10.1. The van der Waals surface area contributed by atoms with E-state index in [4.69, 9.17) is 5.26 Å². The van der Waals surface area contributed by atoms with Gasteiger partial charge in [-0.05, 0) is 17.7 Å². The van der Waals surface area contributed by atoms with Gasteiger partial charge in [-0.15, -0.1) is 0 Å². The summed E-state index contributed by atoms with van der Waals surface area (Å²) in [5.74, 6) is 0. The van der Waals surface area contributed by atoms with Crippen molar-refractivity contribution in [2.24, 2.45) is 0 Å². The van der Waals surface area contributed by atoms with Crippen LogP contribution in [0.3, 0.4) is 0 Å². The van der Waals surface area contributed by atoms with E-state index in [1.54, 1.807) is 18.3 Å². The number of nitrogens with zero attached hydrogens (tertiary/aromatic N) is 2. The van der Waals surface area contributed by atoms with Gasteiger partial charge in [-0.1, -0.05) is 6.07 Å². The average Bonchev–Trinajstić information content (AvgIpc) is 2.69. The van der Waals surface area contributed by atoms with Gasteiger partial charge >= 0.3 is 0 Å². The topological polar surface area (TPSA) is 82.7 Å². The molecule has 80 valence electrons. The maximum absolute atomic E-state index is 10.3. The van der Waals surface area contributed by atoms with Crippen LogP contribution in [0.4, 0.5) is 0 Å². The van der Waals surface area contributed by atoms with Gasteiger partial charge in [-0.3, -0.25) is 10.1 Å². The van der Waals surface area contributed by atoms with Crippen molar-refractivity contribution in [2.75, 3.05) is 6.54 Å². The molecule has 0 amide bonds. The van der Waals surface area contributed by atoms with E-state index in [1.165, 1.54) is 0 Å². The first-order valence-corrected chi connectivity index (χ1v) is 4.83. The molecular weight excluding hydrogens is 206 g/mol. The van der Waals surface area contributed by atoms with Crippen molar-refractivity contribution in [1.29, 1.82) is 5.26 Å². The third-order valence-corrected chi connectivity index (χ3v) is 2.47. The quantitative estimate of drug-likeness (QED) is 0.626. The number of hydrogen-bond acceptors (Lipinski definition) is 3. The van der Waals surface area contributed by atoms with Crippen LogP contribution in [0.2, 0.25) is 0 Å². The van der Waals surface area contributed by atoms with Crippen molar-refractivity contribution in [3.05, 3.63) is 45.6 Å². The fraction of sp³-hybridized carbons (Fsp3) is 0.182. The highest BCUT2D eigenvalue weighted by atomic mass is 16.6. The second kappa shape index (κ2) is 4.03. The number of nitro groups is 1. The Bertz CT molecular complexity index is 580. The molecule has 5 heteroatoms. The summed E-state index contributed by atoms with van der Waals surface area (Å²) in [4.78, 5) is 13.0. The maximum atomic E-state index is 10.3. The van der Waals surface area contributed by atoms with Crippen LogP contribution in [-0.4, -0.2) is 16.5 Å². The molecule has 0 bridgehead atoms. The summed E-state index contributed by atoms with van der Waals surface area (Å²) in [7, 11) is 0. The van der Waals surface area contributed by atoms with Crippen LogP contribution in [0, 0.1) is 21.4 Å². The van der Waals surface area contributed by atoms with E-state index < -0.39 is 0 Å². The Morgan fingerprint density at radius 3 is 3.00 bits per heavy atom. The smallest absolute Gasteiger partial charge is 0.207 e. The van der Waals surface area contributed by atoms with Gasteiger partial charge in [0.25, 0.3) is 0 Å². The standard InChI is InChI=1S/C11H9N3O2/c12-6-8-2-1-3-10-11(8)9(7-13-10)4-5-14(15)16/h1-3,7,13H,4-5H2. The van der Waals surface area contributed by atoms with Gasteiger partial charge in [0.15, 0.2) is 0 Å². The van der Waals surface area contributed by atoms with Gasteiger partial charge in [-0.25, -0.2) is 0 Å². The summed E-state index contributed by atoms with van der Waals surface area (Å²) >= 11 is 0. The molecule has 16 heavy (non-hydrogen) atoms. The van der Waals surface area contributed by atoms with Gasteiger partial charge in [0.2, 0.25) is 6.54 Å². The first-order chi connectivity index (χ1) is 7.72. The number of H-pyrrole nitrogens is 1. The first kappa shape index (κ1) is 10.2. The summed E-state index contributed by atoms with van der Waals surface area (Å²) in [6.07, 6.45) is 2.07. The van der Waals surface area contributed by atoms with E-state index >= 15 is 0 Å². The summed E-state index contributed by atoms with van der Waals surface area (Å²) in [6.45, 7) is -0.118. The summed E-state index contributed by atoms with van der Waals surface area (Å²) in [5, 5.41) is 20.1. The van der Waals surface area contributed by atoms with Crippen molar-refractivity contribution in [3.63, 3.8) is 0 Å². The monoisotopic (exact) mass is 215 g/mol. The molecule has 1 aromatic carbocycles. The summed E-state index contributed by atoms with van der Waals surface area (Å²) in [6, 6.07) is 7.45. The molecule has 1 aromatic heterocycles. The number of nitrogens with one attached hydrogen (secondary N) is 1. The second-order valence-electron chi connectivity index (χ2n) is 3.46. The van der Waals surface area contributed by atoms with Crippen LogP contribution in [0.5, 0.6) is 0 Å². The number of fused-ring (bicyclic) bond motifs is 1. The zero-order valence-corrected chi connectivity index (χ0v) is 8.43. The summed E-state index contributed by atoms with van der Waals surface area (Å²) < 4.78 is 0. The third kappa shape index (κ3) is 1.73. The van der Waals surface area contributed by atoms with Crippen LogP contribution < -0.4 is 0 Å². The molecule has 0 atom stereocenters. The molecule has 0 aliphatic carbocycles. The zero-order valence-electron chi connectivity index (χ0n) is 8.43. The van der Waals surface area contributed by atoms with E-state index in [9.17, 15) is 10.1 Å². The lowest BCUT2D eigenvalue weighted by Gasteiger charge is -1.97. The van der Waals surface area contributed by atoms with Crippen molar-refractivity contribution < 1.29 is 4.92 Å². The molecule has 1 heterocycles. The molecule has 0 spiro atoms. The third-order valence-electron chi connectivity index (χ3n) is 2.47. The minimum Gasteiger partial charge on any atom is -0.361 e. The van der Waals surface area contributed by atoms with Gasteiger partial charge in [0, 0.05) is 28.4 Å². The van der Waals surface area contributed by atoms with Gasteiger partial charge in [0.1, 0.15) is 0 Å². The number of aromatic nitrogens is 1. The van der Waals surface area contributed by atoms with Crippen molar-refractivity contribution in [2.45, 2.75) is 6.42 Å². The van der Waals surface area contributed by atoms with Crippen LogP contribution in [0.25, 0.3) is 10.9 Å². The molecule has 2 rings (SSSR count). The van der Waals surface area contributed by atoms with Crippen LogP contribution in [-0.2, 0) is 6.42 Å². The highest BCUT2D eigenvalue weighted by Gasteiger charge is 2.10. The molecular formula is C11H9N3O2. The molecule has 0 radical (unpaired) electrons. The van der Waals surface area contributed by atoms with Crippen molar-refractivity contribution in [3.8, 4) is 6.07 Å². The number of nitriles is 1. The fourth-order valence-electron chi connectivity index (χ4n) is 1.76. The normalized spacial score (nSPS) is 10.2. The van der Waals surface area contributed by atoms with E-state index in [0.29, 0.717) is 12.0 Å². The molecule has 0 aliphatic heterocycles. The predicted octanol–water partition coefficient (Wildman–Crippen LogP) is 1.86. The second-order valence-corrected chi connectivity index (χ2v) is 3.46. The minimum atomic E-state index is -0.353. The number of rotatable bonds is 3. The molecule has 0 saturated heterocycles. The highest BCUT2D eigenvalue weighted by Crippen LogP contribution is 2.22. The lowest BCUT2D eigenvalue weighted by Crippen LogP contribution is -2.03. The Hall–Kier alpha value is -2.35. The maximum Gasteiger partial charge on any atom is 0.207 e. The predicted molar refractivity (Wildman–Crippen MR) is 58.6 cm³/mol. The molecule has 0 unspecified atom stereocenters. The van der Waals surface area contributed by atoms with Crippen LogP contribution >= 0.6 is 0 Å². The largest absolute Gasteiger partial charge is 0.361 e. The van der Waals surface area contributed by atoms with E-state index in [2.05, 4.69) is 11.1 Å². The Balaban J connectivity index is 2.46. The average molecular weight is 215 g/mol. The summed E-state index contributed by atoms with van der Waals surface area (Å²) in [5.41, 5.74) is 2.22. The number of aromatic amines is 1. The van der Waals surface area contributed by atoms with Crippen LogP contribution in [0.15, 0.2) is 24.4 Å². The Kier molecular flexibility index (Phi) is 2.56. The Morgan fingerprint density at radius 1 is 1.50 bits per heavy atom. The van der Waals surface area contributed by atoms with E-state index in [0.717, 1.165) is 16.5 Å². The van der Waals surface area contributed by atoms with Gasteiger partial charge in [-0.2, -0.15) is 5.26 Å². The SMILES string of the molecule is N#Cc1cccc2[nH]cc(CC[N+](=O)[O-])c12. The van der Waals surface area contributed by atoms with E-state index in [-0.39, 0.29) is 11.5 Å². The number of benzene rings is 1. The minimum absolute atomic E-state index is 0.118. The van der Waals surface area contributed by atoms with E-state index in [1.807, 2.05) is 6.07 Å². The first-order valence-electron chi connectivity index (χ1n) is 4.83. The van der Waals surface area contributed by atoms with Gasteiger partial charge in [0.05, 0.1) is 11.6 Å². The zero-order chi connectivity index (χ0) is 11.5. The van der Waals surface area contributed by atoms with Gasteiger partial charge < -0.3 is 4.98 Å². The van der Waals surface area contributed by atoms with Crippen molar-refractivity contribution >= 4 is 10.9 Å². The molecule has 5 nitrogen and oxygen atoms in total. The molecule has 1 N–H and O–H groups in total. The lowest BCUT2D eigenvalue weighted by molar-refractivity contribution is -0.479. The Labute approximate surface area is 91.5 Å². The Morgan fingerprint density at radius 2 is 2.31 bits per heavy atom. The molecule has 0 fully saturated rings. The molecule has 0 saturated carbocycles.